The number of aromatic nitrogens is 1. The molecule has 1 aromatic heterocycles. The van der Waals surface area contributed by atoms with Crippen LogP contribution in [0.15, 0.2) is 42.5 Å². The molecule has 0 aliphatic carbocycles. The highest BCUT2D eigenvalue weighted by molar-refractivity contribution is 5.94. The molecule has 0 unspecified atom stereocenters. The molecule has 1 fully saturated rings. The van der Waals surface area contributed by atoms with Crippen LogP contribution < -0.4 is 15.4 Å². The third kappa shape index (κ3) is 3.01. The summed E-state index contributed by atoms with van der Waals surface area (Å²) in [4.78, 5) is 16.0. The topological polar surface area (TPSA) is 96.3 Å². The molecule has 0 radical (unpaired) electrons. The average molecular weight is 350 g/mol. The maximum atomic E-state index is 11.5. The van der Waals surface area contributed by atoms with E-state index in [0.29, 0.717) is 30.4 Å². The van der Waals surface area contributed by atoms with Crippen LogP contribution in [0.4, 0.5) is 5.82 Å². The maximum Gasteiger partial charge on any atom is 0.263 e. The van der Waals surface area contributed by atoms with E-state index in [4.69, 9.17) is 9.47 Å². The number of amides is 1. The Morgan fingerprint density at radius 2 is 2.12 bits per heavy atom. The lowest BCUT2D eigenvalue weighted by molar-refractivity contribution is -0.118. The minimum absolute atomic E-state index is 0.0197. The van der Waals surface area contributed by atoms with E-state index in [2.05, 4.69) is 21.7 Å². The molecule has 2 aliphatic rings. The number of carbonyl (C=O) groups excluding carboxylic acids is 1. The van der Waals surface area contributed by atoms with Gasteiger partial charge in [0, 0.05) is 6.54 Å². The number of fused-ring (bicyclic) bond motifs is 1. The molecule has 0 spiro atoms. The number of hydrogen-bond acceptors (Lipinski definition) is 6. The molecular weight excluding hydrogens is 332 g/mol. The first-order chi connectivity index (χ1) is 12.7. The number of nitrogens with one attached hydrogen (secondary N) is 2. The highest BCUT2D eigenvalue weighted by atomic mass is 16.5. The second kappa shape index (κ2) is 6.75. The Labute approximate surface area is 150 Å². The molecule has 0 bridgehead atoms. The van der Waals surface area contributed by atoms with Gasteiger partial charge in [-0.1, -0.05) is 30.3 Å². The van der Waals surface area contributed by atoms with Gasteiger partial charge in [0.1, 0.15) is 5.60 Å². The van der Waals surface area contributed by atoms with Crippen molar-refractivity contribution in [2.24, 2.45) is 0 Å². The minimum Gasteiger partial charge on any atom is -0.480 e. The number of morpholine rings is 1. The standard InChI is InChI=1S/C19H18N4O3/c20-9-8-19(12-21-14(10-26-19)13-4-2-1-3-5-13)16-7-6-15-18(22-16)23-17(24)11-25-15/h1-7,14,21H,8,10-12H2,(H,22,23,24)/t14-,19+/m0/s1. The molecule has 2 N–H and O–H groups in total. The van der Waals surface area contributed by atoms with Gasteiger partial charge in [-0.3, -0.25) is 4.79 Å². The molecule has 7 nitrogen and oxygen atoms in total. The Hall–Kier alpha value is -2.95. The zero-order valence-corrected chi connectivity index (χ0v) is 14.1. The van der Waals surface area contributed by atoms with E-state index in [1.54, 1.807) is 12.1 Å². The van der Waals surface area contributed by atoms with Crippen LogP contribution >= 0.6 is 0 Å². The molecule has 2 aliphatic heterocycles. The lowest BCUT2D eigenvalue weighted by Crippen LogP contribution is -2.49. The normalized spacial score (nSPS) is 24.7. The predicted octanol–water partition coefficient (Wildman–Crippen LogP) is 1.88. The second-order valence-electron chi connectivity index (χ2n) is 6.36. The fraction of sp³-hybridized carbons (Fsp3) is 0.316. The van der Waals surface area contributed by atoms with Crippen LogP contribution in [-0.4, -0.2) is 30.6 Å². The van der Waals surface area contributed by atoms with Crippen molar-refractivity contribution in [2.75, 3.05) is 25.1 Å². The smallest absolute Gasteiger partial charge is 0.263 e. The highest BCUT2D eigenvalue weighted by Crippen LogP contribution is 2.36. The zero-order valence-electron chi connectivity index (χ0n) is 14.1. The Balaban J connectivity index is 1.60. The van der Waals surface area contributed by atoms with Gasteiger partial charge in [0.05, 0.1) is 30.8 Å². The van der Waals surface area contributed by atoms with Gasteiger partial charge >= 0.3 is 0 Å². The number of pyridine rings is 1. The molecule has 1 amide bonds. The van der Waals surface area contributed by atoms with Crippen LogP contribution in [-0.2, 0) is 15.1 Å². The van der Waals surface area contributed by atoms with E-state index in [9.17, 15) is 10.1 Å². The summed E-state index contributed by atoms with van der Waals surface area (Å²) in [5.74, 6) is 0.638. The summed E-state index contributed by atoms with van der Waals surface area (Å²) in [6, 6.07) is 15.8. The molecule has 26 heavy (non-hydrogen) atoms. The van der Waals surface area contributed by atoms with Crippen LogP contribution in [0.5, 0.6) is 5.75 Å². The van der Waals surface area contributed by atoms with E-state index in [1.807, 2.05) is 30.3 Å². The van der Waals surface area contributed by atoms with Crippen LogP contribution in [0.2, 0.25) is 0 Å². The molecule has 4 rings (SSSR count). The molecule has 1 saturated heterocycles. The zero-order chi connectivity index (χ0) is 18.0. The van der Waals surface area contributed by atoms with Crippen molar-refractivity contribution in [3.63, 3.8) is 0 Å². The van der Waals surface area contributed by atoms with Crippen molar-refractivity contribution >= 4 is 11.7 Å². The Morgan fingerprint density at radius 1 is 1.27 bits per heavy atom. The summed E-state index contributed by atoms with van der Waals surface area (Å²) in [6.07, 6.45) is 0.155. The molecule has 1 aromatic carbocycles. The Kier molecular flexibility index (Phi) is 4.29. The van der Waals surface area contributed by atoms with Gasteiger partial charge in [0.25, 0.3) is 5.91 Å². The van der Waals surface area contributed by atoms with Gasteiger partial charge in [0.2, 0.25) is 0 Å². The summed E-state index contributed by atoms with van der Waals surface area (Å²) in [5.41, 5.74) is 0.872. The van der Waals surface area contributed by atoms with Crippen LogP contribution in [0.25, 0.3) is 0 Å². The van der Waals surface area contributed by atoms with Crippen LogP contribution in [0.3, 0.4) is 0 Å². The fourth-order valence-corrected chi connectivity index (χ4v) is 3.25. The van der Waals surface area contributed by atoms with Gasteiger partial charge in [-0.15, -0.1) is 0 Å². The lowest BCUT2D eigenvalue weighted by Gasteiger charge is -2.39. The monoisotopic (exact) mass is 350 g/mol. The van der Waals surface area contributed by atoms with E-state index >= 15 is 0 Å². The number of anilines is 1. The van der Waals surface area contributed by atoms with E-state index in [-0.39, 0.29) is 25.0 Å². The van der Waals surface area contributed by atoms with Crippen LogP contribution in [0, 0.1) is 11.3 Å². The second-order valence-corrected chi connectivity index (χ2v) is 6.36. The van der Waals surface area contributed by atoms with Gasteiger partial charge in [-0.25, -0.2) is 4.98 Å². The van der Waals surface area contributed by atoms with Gasteiger partial charge in [-0.05, 0) is 17.7 Å². The highest BCUT2D eigenvalue weighted by Gasteiger charge is 2.40. The molecular formula is C19H18N4O3. The number of nitrogens with zero attached hydrogens (tertiary/aromatic N) is 2. The molecule has 0 saturated carbocycles. The summed E-state index contributed by atoms with van der Waals surface area (Å²) in [7, 11) is 0. The van der Waals surface area contributed by atoms with E-state index in [1.165, 1.54) is 0 Å². The van der Waals surface area contributed by atoms with Crippen molar-refractivity contribution in [1.29, 1.82) is 5.26 Å². The molecule has 2 aromatic rings. The van der Waals surface area contributed by atoms with Crippen LogP contribution in [0.1, 0.15) is 23.7 Å². The Morgan fingerprint density at radius 3 is 2.85 bits per heavy atom. The summed E-state index contributed by atoms with van der Waals surface area (Å²) >= 11 is 0. The molecule has 3 heterocycles. The Bertz CT molecular complexity index is 855. The third-order valence-electron chi connectivity index (χ3n) is 4.67. The first-order valence-corrected chi connectivity index (χ1v) is 8.44. The van der Waals surface area contributed by atoms with Crippen molar-refractivity contribution < 1.29 is 14.3 Å². The molecule has 7 heteroatoms. The summed E-state index contributed by atoms with van der Waals surface area (Å²) < 4.78 is 11.5. The number of nitriles is 1. The number of rotatable bonds is 3. The summed E-state index contributed by atoms with van der Waals surface area (Å²) in [5, 5.41) is 15.5. The maximum absolute atomic E-state index is 11.5. The molecule has 132 valence electrons. The number of hydrogen-bond donors (Lipinski definition) is 2. The average Bonchev–Trinajstić information content (AvgIpc) is 2.69. The quantitative estimate of drug-likeness (QED) is 0.877. The van der Waals surface area contributed by atoms with Gasteiger partial charge in [-0.2, -0.15) is 5.26 Å². The third-order valence-corrected chi connectivity index (χ3v) is 4.67. The number of carbonyl (C=O) groups is 1. The SMILES string of the molecule is N#CC[C@]1(c2ccc3c(n2)NC(=O)CO3)CN[C@H](c2ccccc2)CO1. The van der Waals surface area contributed by atoms with Gasteiger partial charge in [0.15, 0.2) is 18.2 Å². The van der Waals surface area contributed by atoms with Crippen molar-refractivity contribution in [2.45, 2.75) is 18.1 Å². The van der Waals surface area contributed by atoms with E-state index < -0.39 is 5.60 Å². The minimum atomic E-state index is -0.864. The van der Waals surface area contributed by atoms with E-state index in [0.717, 1.165) is 5.56 Å². The lowest BCUT2D eigenvalue weighted by atomic mass is 9.91. The van der Waals surface area contributed by atoms with Crippen molar-refractivity contribution in [3.05, 3.63) is 53.7 Å². The predicted molar refractivity (Wildman–Crippen MR) is 93.4 cm³/mol. The van der Waals surface area contributed by atoms with Crippen molar-refractivity contribution in [1.82, 2.24) is 10.3 Å². The number of ether oxygens (including phenoxy) is 2. The number of benzene rings is 1. The van der Waals surface area contributed by atoms with Gasteiger partial charge < -0.3 is 20.1 Å². The van der Waals surface area contributed by atoms with Crippen molar-refractivity contribution in [3.8, 4) is 11.8 Å². The molecule has 2 atom stereocenters. The largest absolute Gasteiger partial charge is 0.480 e. The summed E-state index contributed by atoms with van der Waals surface area (Å²) in [6.45, 7) is 0.849. The fourth-order valence-electron chi connectivity index (χ4n) is 3.25. The first kappa shape index (κ1) is 16.5. The first-order valence-electron chi connectivity index (χ1n) is 8.44.